The SMILES string of the molecule is CC(CO)N(C)c1ccc(C#N)c(N)c1. The molecule has 0 saturated carbocycles. The standard InChI is InChI=1S/C11H15N3O/c1-8(7-15)14(2)10-4-3-9(6-12)11(13)5-10/h3-5,8,15H,7,13H2,1-2H3. The van der Waals surface area contributed by atoms with Gasteiger partial charge < -0.3 is 15.7 Å². The zero-order valence-electron chi connectivity index (χ0n) is 8.94. The molecule has 4 heteroatoms. The van der Waals surface area contributed by atoms with Gasteiger partial charge in [-0.05, 0) is 25.1 Å². The largest absolute Gasteiger partial charge is 0.398 e. The van der Waals surface area contributed by atoms with Crippen LogP contribution in [0.1, 0.15) is 12.5 Å². The number of nitrogen functional groups attached to an aromatic ring is 1. The van der Waals surface area contributed by atoms with E-state index in [1.54, 1.807) is 12.1 Å². The van der Waals surface area contributed by atoms with Gasteiger partial charge in [0, 0.05) is 18.8 Å². The number of likely N-dealkylation sites (N-methyl/N-ethyl adjacent to an activating group) is 1. The Morgan fingerprint density at radius 1 is 1.60 bits per heavy atom. The molecule has 80 valence electrons. The van der Waals surface area contributed by atoms with Crippen molar-refractivity contribution in [2.45, 2.75) is 13.0 Å². The molecule has 1 atom stereocenters. The summed E-state index contributed by atoms with van der Waals surface area (Å²) in [5.41, 5.74) is 7.54. The number of aliphatic hydroxyl groups is 1. The first-order chi connectivity index (χ1) is 7.10. The highest BCUT2D eigenvalue weighted by molar-refractivity contribution is 5.63. The number of aliphatic hydroxyl groups excluding tert-OH is 1. The minimum Gasteiger partial charge on any atom is -0.398 e. The third-order valence-corrected chi connectivity index (χ3v) is 2.49. The molecule has 0 aliphatic heterocycles. The van der Waals surface area contributed by atoms with Gasteiger partial charge >= 0.3 is 0 Å². The maximum absolute atomic E-state index is 9.01. The average molecular weight is 205 g/mol. The van der Waals surface area contributed by atoms with Crippen LogP contribution in [0.25, 0.3) is 0 Å². The van der Waals surface area contributed by atoms with Crippen LogP contribution in [-0.4, -0.2) is 24.8 Å². The van der Waals surface area contributed by atoms with Crippen molar-refractivity contribution in [3.05, 3.63) is 23.8 Å². The fourth-order valence-electron chi connectivity index (χ4n) is 1.25. The van der Waals surface area contributed by atoms with E-state index in [1.807, 2.05) is 31.0 Å². The van der Waals surface area contributed by atoms with Crippen molar-refractivity contribution in [1.82, 2.24) is 0 Å². The molecule has 1 aromatic carbocycles. The molecule has 0 aliphatic rings. The van der Waals surface area contributed by atoms with Crippen LogP contribution in [0, 0.1) is 11.3 Å². The van der Waals surface area contributed by atoms with Crippen molar-refractivity contribution in [2.75, 3.05) is 24.3 Å². The normalized spacial score (nSPS) is 11.9. The van der Waals surface area contributed by atoms with Gasteiger partial charge in [-0.2, -0.15) is 5.26 Å². The predicted molar refractivity (Wildman–Crippen MR) is 60.5 cm³/mol. The van der Waals surface area contributed by atoms with E-state index in [0.29, 0.717) is 11.3 Å². The van der Waals surface area contributed by atoms with E-state index >= 15 is 0 Å². The topological polar surface area (TPSA) is 73.3 Å². The zero-order chi connectivity index (χ0) is 11.4. The Kier molecular flexibility index (Phi) is 3.53. The molecule has 1 rings (SSSR count). The Morgan fingerprint density at radius 3 is 2.73 bits per heavy atom. The van der Waals surface area contributed by atoms with Gasteiger partial charge in [-0.15, -0.1) is 0 Å². The Morgan fingerprint density at radius 2 is 2.27 bits per heavy atom. The lowest BCUT2D eigenvalue weighted by molar-refractivity contribution is 0.270. The van der Waals surface area contributed by atoms with Crippen LogP contribution in [0.4, 0.5) is 11.4 Å². The first kappa shape index (κ1) is 11.3. The number of nitrogens with two attached hydrogens (primary N) is 1. The van der Waals surface area contributed by atoms with Gasteiger partial charge in [-0.3, -0.25) is 0 Å². The summed E-state index contributed by atoms with van der Waals surface area (Å²) in [7, 11) is 1.88. The van der Waals surface area contributed by atoms with Crippen molar-refractivity contribution in [3.63, 3.8) is 0 Å². The van der Waals surface area contributed by atoms with Crippen molar-refractivity contribution < 1.29 is 5.11 Å². The van der Waals surface area contributed by atoms with E-state index in [2.05, 4.69) is 0 Å². The summed E-state index contributed by atoms with van der Waals surface area (Å²) in [5.74, 6) is 0. The highest BCUT2D eigenvalue weighted by Crippen LogP contribution is 2.21. The van der Waals surface area contributed by atoms with Crippen LogP contribution in [0.15, 0.2) is 18.2 Å². The van der Waals surface area contributed by atoms with Crippen molar-refractivity contribution in [3.8, 4) is 6.07 Å². The minimum atomic E-state index is 0.0253. The van der Waals surface area contributed by atoms with Gasteiger partial charge in [0.15, 0.2) is 0 Å². The summed E-state index contributed by atoms with van der Waals surface area (Å²) >= 11 is 0. The Hall–Kier alpha value is -1.73. The fourth-order valence-corrected chi connectivity index (χ4v) is 1.25. The van der Waals surface area contributed by atoms with E-state index in [1.165, 1.54) is 0 Å². The van der Waals surface area contributed by atoms with Crippen LogP contribution in [0.2, 0.25) is 0 Å². The van der Waals surface area contributed by atoms with Gasteiger partial charge in [-0.1, -0.05) is 0 Å². The summed E-state index contributed by atoms with van der Waals surface area (Å²) in [6, 6.07) is 7.28. The summed E-state index contributed by atoms with van der Waals surface area (Å²) in [6.07, 6.45) is 0. The third-order valence-electron chi connectivity index (χ3n) is 2.49. The van der Waals surface area contributed by atoms with E-state index in [-0.39, 0.29) is 12.6 Å². The smallest absolute Gasteiger partial charge is 0.101 e. The molecule has 0 aliphatic carbocycles. The molecule has 3 N–H and O–H groups in total. The van der Waals surface area contributed by atoms with Gasteiger partial charge in [0.1, 0.15) is 6.07 Å². The Labute approximate surface area is 89.5 Å². The highest BCUT2D eigenvalue weighted by atomic mass is 16.3. The maximum atomic E-state index is 9.01. The predicted octanol–water partition coefficient (Wildman–Crippen LogP) is 0.957. The van der Waals surface area contributed by atoms with Gasteiger partial charge in [0.25, 0.3) is 0 Å². The number of nitrogens with zero attached hydrogens (tertiary/aromatic N) is 2. The minimum absolute atomic E-state index is 0.0253. The second-order valence-electron chi connectivity index (χ2n) is 3.53. The van der Waals surface area contributed by atoms with E-state index in [4.69, 9.17) is 16.1 Å². The zero-order valence-corrected chi connectivity index (χ0v) is 8.94. The quantitative estimate of drug-likeness (QED) is 0.721. The number of nitriles is 1. The molecular weight excluding hydrogens is 190 g/mol. The maximum Gasteiger partial charge on any atom is 0.101 e. The second-order valence-corrected chi connectivity index (χ2v) is 3.53. The van der Waals surface area contributed by atoms with Crippen molar-refractivity contribution >= 4 is 11.4 Å². The molecule has 0 bridgehead atoms. The number of hydrogen-bond donors (Lipinski definition) is 2. The molecule has 0 saturated heterocycles. The van der Waals surface area contributed by atoms with Crippen LogP contribution in [-0.2, 0) is 0 Å². The number of benzene rings is 1. The van der Waals surface area contributed by atoms with E-state index in [9.17, 15) is 0 Å². The van der Waals surface area contributed by atoms with Crippen LogP contribution >= 0.6 is 0 Å². The molecular formula is C11H15N3O. The lowest BCUT2D eigenvalue weighted by Gasteiger charge is -2.25. The summed E-state index contributed by atoms with van der Waals surface area (Å²) in [4.78, 5) is 1.91. The van der Waals surface area contributed by atoms with E-state index < -0.39 is 0 Å². The molecule has 1 aromatic rings. The van der Waals surface area contributed by atoms with Gasteiger partial charge in [0.2, 0.25) is 0 Å². The fraction of sp³-hybridized carbons (Fsp3) is 0.364. The monoisotopic (exact) mass is 205 g/mol. The van der Waals surface area contributed by atoms with Crippen LogP contribution in [0.5, 0.6) is 0 Å². The number of rotatable bonds is 3. The average Bonchev–Trinajstić information content (AvgIpc) is 2.26. The van der Waals surface area contributed by atoms with Crippen molar-refractivity contribution in [1.29, 1.82) is 5.26 Å². The highest BCUT2D eigenvalue weighted by Gasteiger charge is 2.09. The molecule has 0 aromatic heterocycles. The number of anilines is 2. The molecule has 4 nitrogen and oxygen atoms in total. The second kappa shape index (κ2) is 4.67. The molecule has 0 heterocycles. The van der Waals surface area contributed by atoms with Crippen molar-refractivity contribution in [2.24, 2.45) is 0 Å². The number of hydrogen-bond acceptors (Lipinski definition) is 4. The van der Waals surface area contributed by atoms with E-state index in [0.717, 1.165) is 5.69 Å². The first-order valence-corrected chi connectivity index (χ1v) is 4.73. The Balaban J connectivity index is 2.98. The molecule has 1 unspecified atom stereocenters. The van der Waals surface area contributed by atoms with Crippen LogP contribution in [0.3, 0.4) is 0 Å². The van der Waals surface area contributed by atoms with Gasteiger partial charge in [0.05, 0.1) is 17.9 Å². The third kappa shape index (κ3) is 2.39. The molecule has 15 heavy (non-hydrogen) atoms. The van der Waals surface area contributed by atoms with Gasteiger partial charge in [-0.25, -0.2) is 0 Å². The van der Waals surface area contributed by atoms with Crippen LogP contribution < -0.4 is 10.6 Å². The molecule has 0 radical (unpaired) electrons. The Bertz CT molecular complexity index is 384. The molecule has 0 amide bonds. The first-order valence-electron chi connectivity index (χ1n) is 4.73. The molecule has 0 fully saturated rings. The summed E-state index contributed by atoms with van der Waals surface area (Å²) in [6.45, 7) is 1.99. The molecule has 0 spiro atoms. The lowest BCUT2D eigenvalue weighted by Crippen LogP contribution is -2.31. The summed E-state index contributed by atoms with van der Waals surface area (Å²) < 4.78 is 0. The lowest BCUT2D eigenvalue weighted by atomic mass is 10.1. The summed E-state index contributed by atoms with van der Waals surface area (Å²) in [5, 5.41) is 17.7.